The lowest BCUT2D eigenvalue weighted by Gasteiger charge is -2.33. The van der Waals surface area contributed by atoms with Crippen molar-refractivity contribution in [2.45, 2.75) is 44.2 Å². The Morgan fingerprint density at radius 2 is 1.96 bits per heavy atom. The van der Waals surface area contributed by atoms with Gasteiger partial charge in [-0.2, -0.15) is 0 Å². The maximum atomic E-state index is 12.8. The van der Waals surface area contributed by atoms with Crippen molar-refractivity contribution in [3.05, 3.63) is 48.2 Å². The number of anilines is 1. The van der Waals surface area contributed by atoms with Gasteiger partial charge in [-0.05, 0) is 50.3 Å². The van der Waals surface area contributed by atoms with E-state index >= 15 is 0 Å². The van der Waals surface area contributed by atoms with Crippen molar-refractivity contribution in [1.82, 2.24) is 9.88 Å². The number of urea groups is 1. The first-order chi connectivity index (χ1) is 12.1. The molecule has 0 saturated carbocycles. The van der Waals surface area contributed by atoms with Crippen LogP contribution in [0.1, 0.15) is 31.4 Å². The van der Waals surface area contributed by atoms with E-state index in [2.05, 4.69) is 22.4 Å². The van der Waals surface area contributed by atoms with Crippen molar-refractivity contribution < 1.29 is 9.90 Å². The van der Waals surface area contributed by atoms with Crippen molar-refractivity contribution in [3.63, 3.8) is 0 Å². The van der Waals surface area contributed by atoms with Crippen LogP contribution in [0.25, 0.3) is 11.1 Å². The second-order valence-electron chi connectivity index (χ2n) is 7.11. The summed E-state index contributed by atoms with van der Waals surface area (Å²) < 4.78 is 0. The third-order valence-electron chi connectivity index (χ3n) is 5.68. The van der Waals surface area contributed by atoms with Gasteiger partial charge in [-0.3, -0.25) is 5.32 Å². The van der Waals surface area contributed by atoms with Crippen LogP contribution in [-0.2, 0) is 0 Å². The molecule has 0 unspecified atom stereocenters. The molecule has 1 aromatic heterocycles. The van der Waals surface area contributed by atoms with Crippen molar-refractivity contribution in [2.75, 3.05) is 11.9 Å². The standard InChI is InChI=1S/C20H23N3O2/c1-14-17(15-5-3-2-4-6-15)7-8-18(21-14)22-19(25)23-16-9-11-20(23,13-24)12-10-16/h2-8,16,24H,9-13H2,1H3,(H,21,22,25). The molecule has 2 bridgehead atoms. The van der Waals surface area contributed by atoms with E-state index in [9.17, 15) is 9.90 Å². The molecule has 2 fully saturated rings. The second-order valence-corrected chi connectivity index (χ2v) is 7.11. The van der Waals surface area contributed by atoms with Crippen LogP contribution in [0.15, 0.2) is 42.5 Å². The van der Waals surface area contributed by atoms with E-state index in [0.29, 0.717) is 5.82 Å². The third kappa shape index (κ3) is 2.68. The summed E-state index contributed by atoms with van der Waals surface area (Å²) in [7, 11) is 0. The lowest BCUT2D eigenvalue weighted by molar-refractivity contribution is 0.103. The lowest BCUT2D eigenvalue weighted by Crippen LogP contribution is -2.49. The van der Waals surface area contributed by atoms with E-state index in [1.165, 1.54) is 0 Å². The minimum Gasteiger partial charge on any atom is -0.394 e. The molecular weight excluding hydrogens is 314 g/mol. The number of aryl methyl sites for hydroxylation is 1. The molecule has 2 aliphatic rings. The predicted molar refractivity (Wildman–Crippen MR) is 97.3 cm³/mol. The number of nitrogens with zero attached hydrogens (tertiary/aromatic N) is 2. The second kappa shape index (κ2) is 6.15. The highest BCUT2D eigenvalue weighted by Gasteiger charge is 2.53. The lowest BCUT2D eigenvalue weighted by atomic mass is 9.89. The van der Waals surface area contributed by atoms with Crippen LogP contribution in [-0.4, -0.2) is 39.2 Å². The molecule has 2 amide bonds. The topological polar surface area (TPSA) is 65.5 Å². The van der Waals surface area contributed by atoms with Crippen LogP contribution in [0.4, 0.5) is 10.6 Å². The summed E-state index contributed by atoms with van der Waals surface area (Å²) in [5.74, 6) is 0.557. The van der Waals surface area contributed by atoms with Crippen molar-refractivity contribution in [2.24, 2.45) is 0 Å². The van der Waals surface area contributed by atoms with Crippen LogP contribution < -0.4 is 5.32 Å². The van der Waals surface area contributed by atoms with E-state index in [-0.39, 0.29) is 24.2 Å². The first-order valence-corrected chi connectivity index (χ1v) is 8.87. The molecule has 4 rings (SSSR count). The smallest absolute Gasteiger partial charge is 0.323 e. The Balaban J connectivity index is 1.54. The third-order valence-corrected chi connectivity index (χ3v) is 5.68. The van der Waals surface area contributed by atoms with E-state index in [0.717, 1.165) is 42.5 Å². The number of aliphatic hydroxyl groups excluding tert-OH is 1. The summed E-state index contributed by atoms with van der Waals surface area (Å²) in [6.07, 6.45) is 3.74. The monoisotopic (exact) mass is 337 g/mol. The highest BCUT2D eigenvalue weighted by Crippen LogP contribution is 2.46. The van der Waals surface area contributed by atoms with Gasteiger partial charge < -0.3 is 10.0 Å². The van der Waals surface area contributed by atoms with E-state index in [1.807, 2.05) is 42.2 Å². The molecule has 5 heteroatoms. The van der Waals surface area contributed by atoms with Gasteiger partial charge in [0.2, 0.25) is 0 Å². The Kier molecular flexibility index (Phi) is 3.96. The van der Waals surface area contributed by atoms with Gasteiger partial charge in [0, 0.05) is 17.3 Å². The molecule has 2 saturated heterocycles. The maximum Gasteiger partial charge on any atom is 0.323 e. The van der Waals surface area contributed by atoms with E-state index in [4.69, 9.17) is 0 Å². The number of carbonyl (C=O) groups is 1. The number of rotatable bonds is 3. The number of fused-ring (bicyclic) bond motifs is 2. The first kappa shape index (κ1) is 16.1. The molecule has 0 radical (unpaired) electrons. The van der Waals surface area contributed by atoms with Gasteiger partial charge in [-0.1, -0.05) is 30.3 Å². The van der Waals surface area contributed by atoms with Crippen LogP contribution >= 0.6 is 0 Å². The number of aromatic nitrogens is 1. The fourth-order valence-electron chi connectivity index (χ4n) is 4.37. The zero-order chi connectivity index (χ0) is 17.4. The predicted octanol–water partition coefficient (Wildman–Crippen LogP) is 3.58. The summed E-state index contributed by atoms with van der Waals surface area (Å²) >= 11 is 0. The minimum atomic E-state index is -0.367. The van der Waals surface area contributed by atoms with Crippen molar-refractivity contribution in [3.8, 4) is 11.1 Å². The van der Waals surface area contributed by atoms with Gasteiger partial charge in [-0.25, -0.2) is 9.78 Å². The van der Waals surface area contributed by atoms with Crippen molar-refractivity contribution >= 4 is 11.8 Å². The molecule has 130 valence electrons. The quantitative estimate of drug-likeness (QED) is 0.900. The van der Waals surface area contributed by atoms with Crippen LogP contribution in [0, 0.1) is 6.92 Å². The van der Waals surface area contributed by atoms with Gasteiger partial charge in [0.1, 0.15) is 5.82 Å². The summed E-state index contributed by atoms with van der Waals surface area (Å²) in [5.41, 5.74) is 2.69. The first-order valence-electron chi connectivity index (χ1n) is 8.87. The number of carbonyl (C=O) groups excluding carboxylic acids is 1. The van der Waals surface area contributed by atoms with Gasteiger partial charge in [0.05, 0.1) is 12.1 Å². The zero-order valence-electron chi connectivity index (χ0n) is 14.4. The van der Waals surface area contributed by atoms with Crippen LogP contribution in [0.5, 0.6) is 0 Å². The number of amides is 2. The van der Waals surface area contributed by atoms with Gasteiger partial charge in [0.25, 0.3) is 0 Å². The largest absolute Gasteiger partial charge is 0.394 e. The molecule has 2 N–H and O–H groups in total. The Hall–Kier alpha value is -2.40. The van der Waals surface area contributed by atoms with Gasteiger partial charge in [0.15, 0.2) is 0 Å². The van der Waals surface area contributed by atoms with Gasteiger partial charge in [-0.15, -0.1) is 0 Å². The Morgan fingerprint density at radius 1 is 1.24 bits per heavy atom. The summed E-state index contributed by atoms with van der Waals surface area (Å²) in [4.78, 5) is 19.2. The number of aliphatic hydroxyl groups is 1. The van der Waals surface area contributed by atoms with Gasteiger partial charge >= 0.3 is 6.03 Å². The Bertz CT molecular complexity index is 783. The number of nitrogens with one attached hydrogen (secondary N) is 1. The number of benzene rings is 1. The molecule has 2 aliphatic heterocycles. The zero-order valence-corrected chi connectivity index (χ0v) is 14.4. The number of hydrogen-bond acceptors (Lipinski definition) is 3. The fourth-order valence-corrected chi connectivity index (χ4v) is 4.37. The van der Waals surface area contributed by atoms with E-state index in [1.54, 1.807) is 0 Å². The highest BCUT2D eigenvalue weighted by molar-refractivity contribution is 5.90. The number of pyridine rings is 1. The van der Waals surface area contributed by atoms with E-state index < -0.39 is 0 Å². The minimum absolute atomic E-state index is 0.0380. The molecule has 5 nitrogen and oxygen atoms in total. The SMILES string of the molecule is Cc1nc(NC(=O)N2C3CCC2(CO)CC3)ccc1-c1ccccc1. The van der Waals surface area contributed by atoms with Crippen LogP contribution in [0.2, 0.25) is 0 Å². The summed E-state index contributed by atoms with van der Waals surface area (Å²) in [6, 6.07) is 14.0. The summed E-state index contributed by atoms with van der Waals surface area (Å²) in [5, 5.41) is 12.7. The average molecular weight is 337 g/mol. The average Bonchev–Trinajstić information content (AvgIpc) is 3.19. The number of hydrogen-bond donors (Lipinski definition) is 2. The normalized spacial score (nSPS) is 24.6. The molecule has 2 aromatic rings. The Labute approximate surface area is 147 Å². The Morgan fingerprint density at radius 3 is 2.60 bits per heavy atom. The molecule has 0 spiro atoms. The highest BCUT2D eigenvalue weighted by atomic mass is 16.3. The summed E-state index contributed by atoms with van der Waals surface area (Å²) in [6.45, 7) is 1.99. The molecule has 0 aliphatic carbocycles. The molecule has 25 heavy (non-hydrogen) atoms. The molecule has 1 aromatic carbocycles. The molecule has 0 atom stereocenters. The molecular formula is C20H23N3O2. The fraction of sp³-hybridized carbons (Fsp3) is 0.400. The van der Waals surface area contributed by atoms with Crippen LogP contribution in [0.3, 0.4) is 0 Å². The van der Waals surface area contributed by atoms with Crippen molar-refractivity contribution in [1.29, 1.82) is 0 Å². The maximum absolute atomic E-state index is 12.8. The molecule has 3 heterocycles.